The van der Waals surface area contributed by atoms with E-state index in [1.54, 1.807) is 0 Å². The quantitative estimate of drug-likeness (QED) is 0.806. The molecule has 0 aliphatic carbocycles. The van der Waals surface area contributed by atoms with Crippen LogP contribution in [0.25, 0.3) is 0 Å². The van der Waals surface area contributed by atoms with Crippen molar-refractivity contribution in [3.05, 3.63) is 71.8 Å². The zero-order chi connectivity index (χ0) is 14.2. The van der Waals surface area contributed by atoms with Gasteiger partial charge < -0.3 is 10.4 Å². The molecule has 2 aromatic carbocycles. The number of aliphatic hydroxyl groups excluding tert-OH is 1. The number of benzene rings is 2. The topological polar surface area (TPSA) is 32.3 Å². The van der Waals surface area contributed by atoms with Crippen molar-refractivity contribution in [3.63, 3.8) is 0 Å². The molecule has 0 bridgehead atoms. The Hall–Kier alpha value is -1.64. The average molecular weight is 269 g/mol. The standard InChI is InChI=1S/C18H23NO/c1-15(9-8-14-20)19-18(16-10-4-2-5-11-16)17-12-6-3-7-13-17/h2-7,10-13,15,18-20H,8-9,14H2,1H3. The van der Waals surface area contributed by atoms with Crippen molar-refractivity contribution in [2.24, 2.45) is 0 Å². The van der Waals surface area contributed by atoms with Gasteiger partial charge in [0.25, 0.3) is 0 Å². The van der Waals surface area contributed by atoms with Gasteiger partial charge in [-0.1, -0.05) is 60.7 Å². The third-order valence-corrected chi connectivity index (χ3v) is 3.51. The Kier molecular flexibility index (Phi) is 5.78. The van der Waals surface area contributed by atoms with E-state index in [1.165, 1.54) is 11.1 Å². The lowest BCUT2D eigenvalue weighted by atomic mass is 9.97. The van der Waals surface area contributed by atoms with Gasteiger partial charge in [-0.05, 0) is 30.9 Å². The van der Waals surface area contributed by atoms with Crippen LogP contribution in [0.2, 0.25) is 0 Å². The van der Waals surface area contributed by atoms with Gasteiger partial charge in [0.2, 0.25) is 0 Å². The van der Waals surface area contributed by atoms with E-state index < -0.39 is 0 Å². The third kappa shape index (κ3) is 4.19. The summed E-state index contributed by atoms with van der Waals surface area (Å²) in [6.45, 7) is 2.43. The average Bonchev–Trinajstić information content (AvgIpc) is 2.52. The fourth-order valence-electron chi connectivity index (χ4n) is 2.44. The largest absolute Gasteiger partial charge is 0.396 e. The second kappa shape index (κ2) is 7.83. The molecule has 0 fully saturated rings. The zero-order valence-corrected chi connectivity index (χ0v) is 12.0. The van der Waals surface area contributed by atoms with Gasteiger partial charge in [-0.2, -0.15) is 0 Å². The van der Waals surface area contributed by atoms with Gasteiger partial charge in [-0.3, -0.25) is 0 Å². The van der Waals surface area contributed by atoms with Gasteiger partial charge in [-0.25, -0.2) is 0 Å². The van der Waals surface area contributed by atoms with E-state index in [2.05, 4.69) is 60.8 Å². The summed E-state index contributed by atoms with van der Waals surface area (Å²) < 4.78 is 0. The lowest BCUT2D eigenvalue weighted by Gasteiger charge is -2.24. The molecular weight excluding hydrogens is 246 g/mol. The second-order valence-electron chi connectivity index (χ2n) is 5.19. The van der Waals surface area contributed by atoms with Gasteiger partial charge in [0.1, 0.15) is 0 Å². The van der Waals surface area contributed by atoms with E-state index in [1.807, 2.05) is 12.1 Å². The van der Waals surface area contributed by atoms with Crippen molar-refractivity contribution in [1.29, 1.82) is 0 Å². The van der Waals surface area contributed by atoms with E-state index in [0.717, 1.165) is 12.8 Å². The smallest absolute Gasteiger partial charge is 0.0578 e. The molecule has 0 aliphatic heterocycles. The molecule has 2 rings (SSSR count). The van der Waals surface area contributed by atoms with Gasteiger partial charge in [0, 0.05) is 12.6 Å². The SMILES string of the molecule is CC(CCCO)NC(c1ccccc1)c1ccccc1. The molecule has 0 aliphatic rings. The van der Waals surface area contributed by atoms with Crippen molar-refractivity contribution in [2.75, 3.05) is 6.61 Å². The molecule has 20 heavy (non-hydrogen) atoms. The van der Waals surface area contributed by atoms with Crippen LogP contribution in [0.3, 0.4) is 0 Å². The molecular formula is C18H23NO. The van der Waals surface area contributed by atoms with Crippen molar-refractivity contribution in [2.45, 2.75) is 31.8 Å². The molecule has 2 aromatic rings. The summed E-state index contributed by atoms with van der Waals surface area (Å²) >= 11 is 0. The predicted octanol–water partition coefficient (Wildman–Crippen LogP) is 3.53. The van der Waals surface area contributed by atoms with Crippen molar-refractivity contribution in [1.82, 2.24) is 5.32 Å². The Morgan fingerprint density at radius 3 is 1.85 bits per heavy atom. The van der Waals surface area contributed by atoms with Gasteiger partial charge in [0.05, 0.1) is 6.04 Å². The number of hydrogen-bond acceptors (Lipinski definition) is 2. The highest BCUT2D eigenvalue weighted by Crippen LogP contribution is 2.22. The monoisotopic (exact) mass is 269 g/mol. The molecule has 0 heterocycles. The fourth-order valence-corrected chi connectivity index (χ4v) is 2.44. The number of rotatable bonds is 7. The summed E-state index contributed by atoms with van der Waals surface area (Å²) in [7, 11) is 0. The predicted molar refractivity (Wildman–Crippen MR) is 83.6 cm³/mol. The molecule has 2 heteroatoms. The highest BCUT2D eigenvalue weighted by Gasteiger charge is 2.15. The summed E-state index contributed by atoms with van der Waals surface area (Å²) in [4.78, 5) is 0. The molecule has 0 radical (unpaired) electrons. The van der Waals surface area contributed by atoms with Crippen LogP contribution < -0.4 is 5.32 Å². The van der Waals surface area contributed by atoms with Crippen molar-refractivity contribution in [3.8, 4) is 0 Å². The Balaban J connectivity index is 2.17. The summed E-state index contributed by atoms with van der Waals surface area (Å²) in [6.07, 6.45) is 1.82. The molecule has 2 nitrogen and oxygen atoms in total. The molecule has 106 valence electrons. The van der Waals surface area contributed by atoms with Crippen LogP contribution in [-0.4, -0.2) is 17.8 Å². The molecule has 2 N–H and O–H groups in total. The zero-order valence-electron chi connectivity index (χ0n) is 12.0. The highest BCUT2D eigenvalue weighted by atomic mass is 16.2. The summed E-state index contributed by atoms with van der Waals surface area (Å²) in [5, 5.41) is 12.6. The van der Waals surface area contributed by atoms with Crippen LogP contribution >= 0.6 is 0 Å². The minimum Gasteiger partial charge on any atom is -0.396 e. The molecule has 1 unspecified atom stereocenters. The molecule has 0 saturated carbocycles. The van der Waals surface area contributed by atoms with E-state index in [9.17, 15) is 0 Å². The van der Waals surface area contributed by atoms with Crippen LogP contribution in [0.4, 0.5) is 0 Å². The third-order valence-electron chi connectivity index (χ3n) is 3.51. The first-order valence-corrected chi connectivity index (χ1v) is 7.28. The van der Waals surface area contributed by atoms with Crippen LogP contribution in [0.1, 0.15) is 36.9 Å². The maximum atomic E-state index is 8.96. The number of aliphatic hydroxyl groups is 1. The van der Waals surface area contributed by atoms with Crippen LogP contribution in [0.5, 0.6) is 0 Å². The first-order valence-electron chi connectivity index (χ1n) is 7.28. The minimum atomic E-state index is 0.200. The Bertz CT molecular complexity index is 444. The first kappa shape index (κ1) is 14.8. The minimum absolute atomic E-state index is 0.200. The Morgan fingerprint density at radius 1 is 0.900 bits per heavy atom. The van der Waals surface area contributed by atoms with Crippen LogP contribution in [-0.2, 0) is 0 Å². The van der Waals surface area contributed by atoms with E-state index in [4.69, 9.17) is 5.11 Å². The normalized spacial score (nSPS) is 12.6. The second-order valence-corrected chi connectivity index (χ2v) is 5.19. The lowest BCUT2D eigenvalue weighted by molar-refractivity contribution is 0.275. The molecule has 0 amide bonds. The Labute approximate surface area is 121 Å². The van der Waals surface area contributed by atoms with Gasteiger partial charge >= 0.3 is 0 Å². The molecule has 1 atom stereocenters. The Morgan fingerprint density at radius 2 is 1.40 bits per heavy atom. The summed E-state index contributed by atoms with van der Waals surface area (Å²) in [5.74, 6) is 0. The van der Waals surface area contributed by atoms with E-state index >= 15 is 0 Å². The fraction of sp³-hybridized carbons (Fsp3) is 0.333. The van der Waals surface area contributed by atoms with Crippen molar-refractivity contribution >= 4 is 0 Å². The number of hydrogen-bond donors (Lipinski definition) is 2. The lowest BCUT2D eigenvalue weighted by Crippen LogP contribution is -2.31. The first-order chi connectivity index (χ1) is 9.81. The van der Waals surface area contributed by atoms with Gasteiger partial charge in [-0.15, -0.1) is 0 Å². The maximum Gasteiger partial charge on any atom is 0.0578 e. The molecule has 0 aromatic heterocycles. The maximum absolute atomic E-state index is 8.96. The summed E-state index contributed by atoms with van der Waals surface area (Å²) in [6, 6.07) is 21.6. The number of nitrogens with one attached hydrogen (secondary N) is 1. The molecule has 0 spiro atoms. The summed E-state index contributed by atoms with van der Waals surface area (Å²) in [5.41, 5.74) is 2.55. The van der Waals surface area contributed by atoms with Gasteiger partial charge in [0.15, 0.2) is 0 Å². The van der Waals surface area contributed by atoms with E-state index in [-0.39, 0.29) is 12.6 Å². The molecule has 0 saturated heterocycles. The van der Waals surface area contributed by atoms with Crippen LogP contribution in [0.15, 0.2) is 60.7 Å². The van der Waals surface area contributed by atoms with E-state index in [0.29, 0.717) is 6.04 Å². The van der Waals surface area contributed by atoms with Crippen molar-refractivity contribution < 1.29 is 5.11 Å². The highest BCUT2D eigenvalue weighted by molar-refractivity contribution is 5.31. The van der Waals surface area contributed by atoms with Crippen LogP contribution in [0, 0.1) is 0 Å².